The Morgan fingerprint density at radius 3 is 2.62 bits per heavy atom. The van der Waals surface area contributed by atoms with Crippen molar-refractivity contribution in [2.45, 2.75) is 52.6 Å². The van der Waals surface area contributed by atoms with Gasteiger partial charge < -0.3 is 5.32 Å². The molecule has 16 heavy (non-hydrogen) atoms. The highest BCUT2D eigenvalue weighted by molar-refractivity contribution is 6.31. The Morgan fingerprint density at radius 1 is 1.56 bits per heavy atom. The Bertz CT molecular complexity index is 325. The van der Waals surface area contributed by atoms with Crippen LogP contribution in [0.2, 0.25) is 5.02 Å². The first-order valence-electron chi connectivity index (χ1n) is 5.82. The SMILES string of the molecule is CCC(C)(C)NCC(C)n1cc(Cl)c(C)n1. The zero-order valence-electron chi connectivity index (χ0n) is 10.8. The van der Waals surface area contributed by atoms with Gasteiger partial charge in [0.15, 0.2) is 0 Å². The number of nitrogens with one attached hydrogen (secondary N) is 1. The first kappa shape index (κ1) is 13.5. The molecule has 0 aliphatic carbocycles. The van der Waals surface area contributed by atoms with Crippen molar-refractivity contribution in [3.05, 3.63) is 16.9 Å². The summed E-state index contributed by atoms with van der Waals surface area (Å²) in [6.07, 6.45) is 3.00. The molecule has 4 heteroatoms. The van der Waals surface area contributed by atoms with Gasteiger partial charge in [-0.05, 0) is 34.1 Å². The largest absolute Gasteiger partial charge is 0.310 e. The van der Waals surface area contributed by atoms with E-state index >= 15 is 0 Å². The van der Waals surface area contributed by atoms with Gasteiger partial charge in [-0.2, -0.15) is 5.10 Å². The van der Waals surface area contributed by atoms with Gasteiger partial charge >= 0.3 is 0 Å². The van der Waals surface area contributed by atoms with Crippen molar-refractivity contribution in [2.75, 3.05) is 6.54 Å². The first-order chi connectivity index (χ1) is 7.35. The van der Waals surface area contributed by atoms with E-state index in [9.17, 15) is 0 Å². The topological polar surface area (TPSA) is 29.9 Å². The maximum absolute atomic E-state index is 5.99. The molecule has 1 unspecified atom stereocenters. The van der Waals surface area contributed by atoms with Crippen molar-refractivity contribution in [1.29, 1.82) is 0 Å². The third kappa shape index (κ3) is 3.49. The quantitative estimate of drug-likeness (QED) is 0.861. The van der Waals surface area contributed by atoms with Crippen LogP contribution in [0.5, 0.6) is 0 Å². The summed E-state index contributed by atoms with van der Waals surface area (Å²) in [7, 11) is 0. The van der Waals surface area contributed by atoms with E-state index in [4.69, 9.17) is 11.6 Å². The van der Waals surface area contributed by atoms with Crippen LogP contribution in [0.1, 0.15) is 45.9 Å². The van der Waals surface area contributed by atoms with Crippen LogP contribution in [-0.2, 0) is 0 Å². The fourth-order valence-corrected chi connectivity index (χ4v) is 1.47. The second kappa shape index (κ2) is 5.19. The second-order valence-electron chi connectivity index (χ2n) is 5.01. The molecule has 1 atom stereocenters. The standard InChI is InChI=1S/C12H22ClN3/c1-6-12(4,5)14-7-9(2)16-8-11(13)10(3)15-16/h8-9,14H,6-7H2,1-5H3. The molecule has 1 rings (SSSR count). The highest BCUT2D eigenvalue weighted by Crippen LogP contribution is 2.16. The molecule has 0 fully saturated rings. The van der Waals surface area contributed by atoms with E-state index in [1.165, 1.54) is 0 Å². The maximum atomic E-state index is 5.99. The van der Waals surface area contributed by atoms with Gasteiger partial charge in [0.1, 0.15) is 0 Å². The number of nitrogens with zero attached hydrogens (tertiary/aromatic N) is 2. The van der Waals surface area contributed by atoms with Crippen LogP contribution in [0, 0.1) is 6.92 Å². The van der Waals surface area contributed by atoms with Gasteiger partial charge in [0.25, 0.3) is 0 Å². The normalized spacial score (nSPS) is 14.1. The molecule has 0 spiro atoms. The Hall–Kier alpha value is -0.540. The highest BCUT2D eigenvalue weighted by atomic mass is 35.5. The van der Waals surface area contributed by atoms with Crippen LogP contribution in [0.3, 0.4) is 0 Å². The summed E-state index contributed by atoms with van der Waals surface area (Å²) >= 11 is 5.99. The molecule has 92 valence electrons. The molecule has 3 nitrogen and oxygen atoms in total. The first-order valence-corrected chi connectivity index (χ1v) is 6.20. The van der Waals surface area contributed by atoms with E-state index in [0.29, 0.717) is 6.04 Å². The predicted molar refractivity (Wildman–Crippen MR) is 69.1 cm³/mol. The zero-order chi connectivity index (χ0) is 12.3. The van der Waals surface area contributed by atoms with Gasteiger partial charge in [-0.15, -0.1) is 0 Å². The van der Waals surface area contributed by atoms with Crippen molar-refractivity contribution in [2.24, 2.45) is 0 Å². The lowest BCUT2D eigenvalue weighted by molar-refractivity contribution is 0.335. The molecule has 0 aliphatic heterocycles. The molecule has 0 aromatic carbocycles. The van der Waals surface area contributed by atoms with E-state index in [0.717, 1.165) is 23.7 Å². The van der Waals surface area contributed by atoms with Crippen molar-refractivity contribution >= 4 is 11.6 Å². The Balaban J connectivity index is 2.56. The minimum absolute atomic E-state index is 0.181. The third-order valence-corrected chi connectivity index (χ3v) is 3.44. The zero-order valence-corrected chi connectivity index (χ0v) is 11.6. The molecule has 1 N–H and O–H groups in total. The average molecular weight is 244 g/mol. The predicted octanol–water partition coefficient (Wildman–Crippen LogP) is 3.18. The number of aryl methyl sites for hydroxylation is 1. The lowest BCUT2D eigenvalue weighted by atomic mass is 10.0. The lowest BCUT2D eigenvalue weighted by Gasteiger charge is -2.26. The van der Waals surface area contributed by atoms with E-state index < -0.39 is 0 Å². The molecule has 1 heterocycles. The van der Waals surface area contributed by atoms with Crippen molar-refractivity contribution in [3.8, 4) is 0 Å². The molecule has 0 radical (unpaired) electrons. The minimum Gasteiger partial charge on any atom is -0.310 e. The summed E-state index contributed by atoms with van der Waals surface area (Å²) in [5.74, 6) is 0. The number of rotatable bonds is 5. The van der Waals surface area contributed by atoms with Gasteiger partial charge in [-0.25, -0.2) is 0 Å². The van der Waals surface area contributed by atoms with Crippen LogP contribution in [0.25, 0.3) is 0 Å². The molecule has 0 saturated carbocycles. The maximum Gasteiger partial charge on any atom is 0.0815 e. The van der Waals surface area contributed by atoms with E-state index in [1.54, 1.807) is 0 Å². The van der Waals surface area contributed by atoms with E-state index in [2.05, 4.69) is 38.1 Å². The van der Waals surface area contributed by atoms with Gasteiger partial charge in [0.2, 0.25) is 0 Å². The summed E-state index contributed by atoms with van der Waals surface area (Å²) in [5.41, 5.74) is 1.07. The Morgan fingerprint density at radius 2 is 2.19 bits per heavy atom. The highest BCUT2D eigenvalue weighted by Gasteiger charge is 2.16. The fourth-order valence-electron chi connectivity index (χ4n) is 1.33. The number of halogens is 1. The summed E-state index contributed by atoms with van der Waals surface area (Å²) in [5, 5.41) is 8.65. The van der Waals surface area contributed by atoms with E-state index in [1.807, 2.05) is 17.8 Å². The van der Waals surface area contributed by atoms with E-state index in [-0.39, 0.29) is 5.54 Å². The third-order valence-electron chi connectivity index (χ3n) is 3.07. The number of hydrogen-bond acceptors (Lipinski definition) is 2. The summed E-state index contributed by atoms with van der Waals surface area (Å²) in [4.78, 5) is 0. The Kier molecular flexibility index (Phi) is 4.39. The van der Waals surface area contributed by atoms with Gasteiger partial charge in [-0.3, -0.25) is 4.68 Å². The molecular formula is C12H22ClN3. The number of hydrogen-bond donors (Lipinski definition) is 1. The summed E-state index contributed by atoms with van der Waals surface area (Å²) in [6, 6.07) is 0.317. The van der Waals surface area contributed by atoms with Crippen molar-refractivity contribution in [3.63, 3.8) is 0 Å². The van der Waals surface area contributed by atoms with Crippen LogP contribution in [0.15, 0.2) is 6.20 Å². The summed E-state index contributed by atoms with van der Waals surface area (Å²) < 4.78 is 1.93. The smallest absolute Gasteiger partial charge is 0.0815 e. The Labute approximate surface area is 103 Å². The average Bonchev–Trinajstić information content (AvgIpc) is 2.56. The van der Waals surface area contributed by atoms with Gasteiger partial charge in [-0.1, -0.05) is 18.5 Å². The number of aromatic nitrogens is 2. The molecule has 0 saturated heterocycles. The van der Waals surface area contributed by atoms with Gasteiger partial charge in [0.05, 0.1) is 16.8 Å². The van der Waals surface area contributed by atoms with Crippen LogP contribution in [-0.4, -0.2) is 21.9 Å². The molecular weight excluding hydrogens is 222 g/mol. The lowest BCUT2D eigenvalue weighted by Crippen LogP contribution is -2.41. The molecule has 1 aromatic rings. The van der Waals surface area contributed by atoms with Gasteiger partial charge in [0, 0.05) is 18.3 Å². The van der Waals surface area contributed by atoms with Crippen LogP contribution >= 0.6 is 11.6 Å². The monoisotopic (exact) mass is 243 g/mol. The molecule has 1 aromatic heterocycles. The molecule has 0 amide bonds. The molecule has 0 bridgehead atoms. The summed E-state index contributed by atoms with van der Waals surface area (Å²) in [6.45, 7) is 11.6. The van der Waals surface area contributed by atoms with Crippen LogP contribution < -0.4 is 5.32 Å². The minimum atomic E-state index is 0.181. The second-order valence-corrected chi connectivity index (χ2v) is 5.42. The fraction of sp³-hybridized carbons (Fsp3) is 0.750. The van der Waals surface area contributed by atoms with Crippen molar-refractivity contribution < 1.29 is 0 Å². The van der Waals surface area contributed by atoms with Crippen molar-refractivity contribution in [1.82, 2.24) is 15.1 Å². The van der Waals surface area contributed by atoms with Crippen LogP contribution in [0.4, 0.5) is 0 Å². The molecule has 0 aliphatic rings.